The Morgan fingerprint density at radius 3 is 2.38 bits per heavy atom. The SMILES string of the molecule is C=CCCC(=O)NC[C@@H](OC(=O)[C@@H]1[C@H]2O[C@@]3(CC2Br)[C@H](C(=O)N(CC=C)c2ccc(Cl)cc2)N([C@@H](CO)Cc2ccccc2)C(=O)[C@@H]13)c1ccccc1. The lowest BCUT2D eigenvalue weighted by molar-refractivity contribution is -0.160. The fourth-order valence-corrected chi connectivity index (χ4v) is 9.08. The van der Waals surface area contributed by atoms with Crippen LogP contribution in [0.4, 0.5) is 5.69 Å². The maximum atomic E-state index is 15.1. The van der Waals surface area contributed by atoms with Gasteiger partial charge in [0.25, 0.3) is 5.91 Å². The van der Waals surface area contributed by atoms with Gasteiger partial charge in [0, 0.05) is 28.5 Å². The van der Waals surface area contributed by atoms with Crippen molar-refractivity contribution in [3.63, 3.8) is 0 Å². The van der Waals surface area contributed by atoms with Crippen LogP contribution in [-0.4, -0.2) is 82.0 Å². The van der Waals surface area contributed by atoms with E-state index in [1.54, 1.807) is 48.6 Å². The van der Waals surface area contributed by atoms with Crippen LogP contribution in [0.1, 0.15) is 36.5 Å². The number of rotatable bonds is 16. The monoisotopic (exact) mass is 803 g/mol. The highest BCUT2D eigenvalue weighted by Crippen LogP contribution is 2.61. The zero-order valence-electron chi connectivity index (χ0n) is 29.2. The van der Waals surface area contributed by atoms with Crippen LogP contribution in [-0.2, 0) is 35.1 Å². The molecular weight excluding hydrogens is 762 g/mol. The van der Waals surface area contributed by atoms with Gasteiger partial charge in [0.15, 0.2) is 0 Å². The Kier molecular flexibility index (Phi) is 12.2. The van der Waals surface area contributed by atoms with Crippen LogP contribution in [0.5, 0.6) is 0 Å². The number of nitrogens with zero attached hydrogens (tertiary/aromatic N) is 2. The summed E-state index contributed by atoms with van der Waals surface area (Å²) in [5.41, 5.74) is 0.641. The van der Waals surface area contributed by atoms with Gasteiger partial charge in [-0.15, -0.1) is 13.2 Å². The molecule has 278 valence electrons. The maximum absolute atomic E-state index is 15.1. The highest BCUT2D eigenvalue weighted by molar-refractivity contribution is 9.09. The summed E-state index contributed by atoms with van der Waals surface area (Å²) in [4.78, 5) is 59.6. The average molecular weight is 805 g/mol. The van der Waals surface area contributed by atoms with Crippen molar-refractivity contribution in [1.29, 1.82) is 0 Å². The number of alkyl halides is 1. The van der Waals surface area contributed by atoms with Gasteiger partial charge >= 0.3 is 5.97 Å². The third-order valence-electron chi connectivity index (χ3n) is 10.4. The van der Waals surface area contributed by atoms with E-state index in [0.29, 0.717) is 22.7 Å². The predicted molar refractivity (Wildman–Crippen MR) is 205 cm³/mol. The first-order chi connectivity index (χ1) is 25.6. The summed E-state index contributed by atoms with van der Waals surface area (Å²) in [6.07, 6.45) is 2.87. The van der Waals surface area contributed by atoms with Crippen LogP contribution in [0.2, 0.25) is 5.02 Å². The first kappa shape index (κ1) is 38.4. The molecule has 3 aliphatic heterocycles. The second-order valence-corrected chi connectivity index (χ2v) is 15.2. The lowest BCUT2D eigenvalue weighted by Crippen LogP contribution is -2.59. The minimum atomic E-state index is -1.42. The number of allylic oxidation sites excluding steroid dienone is 1. The van der Waals surface area contributed by atoms with E-state index in [-0.39, 0.29) is 38.3 Å². The lowest BCUT2D eigenvalue weighted by Gasteiger charge is -2.39. The molecule has 3 heterocycles. The summed E-state index contributed by atoms with van der Waals surface area (Å²) in [6, 6.07) is 23.2. The van der Waals surface area contributed by atoms with Gasteiger partial charge in [0.05, 0.1) is 37.1 Å². The third kappa shape index (κ3) is 7.71. The number of fused-ring (bicyclic) bond motifs is 1. The van der Waals surface area contributed by atoms with Crippen molar-refractivity contribution in [3.05, 3.63) is 126 Å². The number of carbonyl (C=O) groups excluding carboxylic acids is 4. The van der Waals surface area contributed by atoms with Gasteiger partial charge in [-0.3, -0.25) is 19.2 Å². The van der Waals surface area contributed by atoms with E-state index in [4.69, 9.17) is 21.1 Å². The number of benzene rings is 3. The van der Waals surface area contributed by atoms with Gasteiger partial charge in [-0.25, -0.2) is 0 Å². The molecule has 3 aromatic carbocycles. The number of aliphatic hydroxyl groups excluding tert-OH is 1. The van der Waals surface area contributed by atoms with Crippen molar-refractivity contribution in [2.45, 2.75) is 60.4 Å². The lowest BCUT2D eigenvalue weighted by atomic mass is 9.70. The van der Waals surface area contributed by atoms with Crippen LogP contribution >= 0.6 is 27.5 Å². The van der Waals surface area contributed by atoms with E-state index in [0.717, 1.165) is 5.56 Å². The number of esters is 1. The number of carbonyl (C=O) groups is 4. The van der Waals surface area contributed by atoms with E-state index in [1.807, 2.05) is 48.5 Å². The standard InChI is InChI=1S/C41H43BrClN3O7/c1-3-5-16-33(48)44-24-32(27-14-10-7-11-15-27)52-40(51)34-35-38(49)46(30(25-47)22-26-12-8-6-9-13-26)37(41(35)23-31(42)36(34)53-41)39(50)45(21-4-2)29-19-17-28(43)18-20-29/h3-4,6-15,17-20,30-32,34-37,47H,1-2,5,16,21-25H2,(H,44,48)/t30-,31?,32-,34+,35-,36+,37+,41-/m1/s1. The van der Waals surface area contributed by atoms with Crippen molar-refractivity contribution in [2.24, 2.45) is 11.8 Å². The van der Waals surface area contributed by atoms with Crippen LogP contribution in [0.15, 0.2) is 110 Å². The summed E-state index contributed by atoms with van der Waals surface area (Å²) in [5, 5.41) is 14.2. The molecule has 0 aliphatic carbocycles. The Hall–Kier alpha value is -4.29. The molecule has 3 fully saturated rings. The fraction of sp³-hybridized carbons (Fsp3) is 0.366. The van der Waals surface area contributed by atoms with Gasteiger partial charge in [0.1, 0.15) is 17.7 Å². The third-order valence-corrected chi connectivity index (χ3v) is 11.5. The topological polar surface area (TPSA) is 125 Å². The van der Waals surface area contributed by atoms with E-state index in [1.165, 1.54) is 9.80 Å². The van der Waals surface area contributed by atoms with Crippen molar-refractivity contribution in [1.82, 2.24) is 10.2 Å². The zero-order chi connectivity index (χ0) is 37.7. The number of halogens is 2. The van der Waals surface area contributed by atoms with E-state index >= 15 is 4.79 Å². The predicted octanol–water partition coefficient (Wildman–Crippen LogP) is 5.58. The molecule has 53 heavy (non-hydrogen) atoms. The molecule has 6 rings (SSSR count). The molecule has 0 radical (unpaired) electrons. The minimum Gasteiger partial charge on any atom is -0.455 e. The highest BCUT2D eigenvalue weighted by atomic mass is 79.9. The van der Waals surface area contributed by atoms with Crippen molar-refractivity contribution in [3.8, 4) is 0 Å². The van der Waals surface area contributed by atoms with Crippen LogP contribution in [0, 0.1) is 11.8 Å². The van der Waals surface area contributed by atoms with Gasteiger partial charge in [-0.1, -0.05) is 100 Å². The molecule has 8 atom stereocenters. The maximum Gasteiger partial charge on any atom is 0.313 e. The zero-order valence-corrected chi connectivity index (χ0v) is 31.5. The van der Waals surface area contributed by atoms with Gasteiger partial charge < -0.3 is 29.7 Å². The molecule has 3 aromatic rings. The van der Waals surface area contributed by atoms with Crippen molar-refractivity contribution in [2.75, 3.05) is 24.6 Å². The van der Waals surface area contributed by atoms with E-state index in [9.17, 15) is 19.5 Å². The molecule has 1 spiro atoms. The smallest absolute Gasteiger partial charge is 0.313 e. The fourth-order valence-electron chi connectivity index (χ4n) is 8.01. The summed E-state index contributed by atoms with van der Waals surface area (Å²) in [5.74, 6) is -3.96. The first-order valence-electron chi connectivity index (χ1n) is 17.7. The van der Waals surface area contributed by atoms with E-state index < -0.39 is 70.9 Å². The van der Waals surface area contributed by atoms with Crippen LogP contribution < -0.4 is 10.2 Å². The summed E-state index contributed by atoms with van der Waals surface area (Å²) in [7, 11) is 0. The van der Waals surface area contributed by atoms with Gasteiger partial charge in [-0.05, 0) is 54.7 Å². The molecule has 12 heteroatoms. The molecule has 0 aromatic heterocycles. The Bertz CT molecular complexity index is 1810. The second-order valence-electron chi connectivity index (χ2n) is 13.6. The Morgan fingerprint density at radius 1 is 1.06 bits per heavy atom. The number of likely N-dealkylation sites (tertiary alicyclic amines) is 1. The number of ether oxygens (including phenoxy) is 2. The van der Waals surface area contributed by atoms with Crippen LogP contribution in [0.25, 0.3) is 0 Å². The Morgan fingerprint density at radius 2 is 1.74 bits per heavy atom. The molecule has 1 unspecified atom stereocenters. The molecule has 10 nitrogen and oxygen atoms in total. The van der Waals surface area contributed by atoms with Crippen LogP contribution in [0.3, 0.4) is 0 Å². The number of amides is 3. The number of nitrogens with one attached hydrogen (secondary N) is 1. The number of aliphatic hydroxyl groups is 1. The molecule has 3 aliphatic rings. The average Bonchev–Trinajstić information content (AvgIpc) is 3.77. The summed E-state index contributed by atoms with van der Waals surface area (Å²) in [6.45, 7) is 7.24. The normalized spacial score (nSPS) is 25.3. The Labute approximate surface area is 322 Å². The second kappa shape index (κ2) is 16.8. The van der Waals surface area contributed by atoms with E-state index in [2.05, 4.69) is 34.4 Å². The first-order valence-corrected chi connectivity index (χ1v) is 19.0. The number of anilines is 1. The van der Waals surface area contributed by atoms with Crippen molar-refractivity contribution < 1.29 is 33.8 Å². The molecule has 3 amide bonds. The summed E-state index contributed by atoms with van der Waals surface area (Å²) < 4.78 is 13.0. The quantitative estimate of drug-likeness (QED) is 0.110. The molecule has 2 N–H and O–H groups in total. The molecule has 0 saturated carbocycles. The summed E-state index contributed by atoms with van der Waals surface area (Å²) >= 11 is 9.93. The van der Waals surface area contributed by atoms with Gasteiger partial charge in [0.2, 0.25) is 11.8 Å². The van der Waals surface area contributed by atoms with Crippen molar-refractivity contribution >= 4 is 56.9 Å². The number of hydrogen-bond donors (Lipinski definition) is 2. The minimum absolute atomic E-state index is 0.0139. The molecule has 2 bridgehead atoms. The van der Waals surface area contributed by atoms with Gasteiger partial charge in [-0.2, -0.15) is 0 Å². The largest absolute Gasteiger partial charge is 0.455 e. The molecular formula is C41H43BrClN3O7. The number of hydrogen-bond acceptors (Lipinski definition) is 7. The Balaban J connectivity index is 1.38. The molecule has 3 saturated heterocycles. The highest BCUT2D eigenvalue weighted by Gasteiger charge is 2.77.